The molecule has 1 aliphatic heterocycles. The lowest BCUT2D eigenvalue weighted by atomic mass is 10.1. The van der Waals surface area contributed by atoms with E-state index >= 15 is 0 Å². The number of hydrogen-bond donors (Lipinski definition) is 2. The van der Waals surface area contributed by atoms with Gasteiger partial charge in [0, 0.05) is 12.6 Å². The zero-order chi connectivity index (χ0) is 27.0. The predicted molar refractivity (Wildman–Crippen MR) is 123 cm³/mol. The molecule has 0 aromatic heterocycles. The molecule has 2 amide bonds. The van der Waals surface area contributed by atoms with Gasteiger partial charge in [-0.2, -0.15) is 13.2 Å². The van der Waals surface area contributed by atoms with E-state index in [4.69, 9.17) is 9.47 Å². The Morgan fingerprint density at radius 3 is 2.43 bits per heavy atom. The quantitative estimate of drug-likeness (QED) is 0.512. The maximum atomic E-state index is 13.4. The topological polar surface area (TPSA) is 114 Å². The van der Waals surface area contributed by atoms with Crippen molar-refractivity contribution in [1.29, 1.82) is 0 Å². The summed E-state index contributed by atoms with van der Waals surface area (Å²) in [5.41, 5.74) is -1.96. The molecule has 0 bridgehead atoms. The van der Waals surface area contributed by atoms with Crippen LogP contribution in [0.25, 0.3) is 0 Å². The van der Waals surface area contributed by atoms with Gasteiger partial charge in [0.15, 0.2) is 0 Å². The van der Waals surface area contributed by atoms with Gasteiger partial charge in [0.05, 0.1) is 23.7 Å². The molecular formula is C23H23F4N3O6S. The van der Waals surface area contributed by atoms with Crippen LogP contribution in [0.2, 0.25) is 0 Å². The molecule has 1 saturated carbocycles. The third-order valence-electron chi connectivity index (χ3n) is 6.05. The van der Waals surface area contributed by atoms with Crippen LogP contribution in [0.15, 0.2) is 47.4 Å². The summed E-state index contributed by atoms with van der Waals surface area (Å²) in [5, 5.41) is 4.86. The van der Waals surface area contributed by atoms with Crippen molar-refractivity contribution in [2.45, 2.75) is 36.9 Å². The molecule has 2 aliphatic rings. The Bertz CT molecular complexity index is 1300. The number of amides is 2. The lowest BCUT2D eigenvalue weighted by molar-refractivity contribution is -0.196. The summed E-state index contributed by atoms with van der Waals surface area (Å²) in [4.78, 5) is 23.3. The maximum Gasteiger partial charge on any atom is 0.411 e. The molecule has 14 heteroatoms. The minimum atomic E-state index is -4.49. The largest absolute Gasteiger partial charge is 0.484 e. The van der Waals surface area contributed by atoms with E-state index < -0.39 is 46.2 Å². The number of ether oxygens (including phenoxy) is 2. The predicted octanol–water partition coefficient (Wildman–Crippen LogP) is 3.81. The molecule has 2 aromatic carbocycles. The second-order valence-corrected chi connectivity index (χ2v) is 10.7. The average Bonchev–Trinajstić information content (AvgIpc) is 3.63. The van der Waals surface area contributed by atoms with E-state index in [1.165, 1.54) is 25.1 Å². The second kappa shape index (κ2) is 9.72. The number of benzene rings is 2. The number of hydrogen-bond acceptors (Lipinski definition) is 6. The Kier molecular flexibility index (Phi) is 6.97. The maximum absolute atomic E-state index is 13.4. The highest BCUT2D eigenvalue weighted by atomic mass is 32.2. The van der Waals surface area contributed by atoms with Gasteiger partial charge in [-0.3, -0.25) is 14.4 Å². The van der Waals surface area contributed by atoms with E-state index in [1.54, 1.807) is 0 Å². The number of alkyl halides is 3. The zero-order valence-electron chi connectivity index (χ0n) is 19.5. The van der Waals surface area contributed by atoms with E-state index in [0.29, 0.717) is 0 Å². The van der Waals surface area contributed by atoms with Crippen LogP contribution in [0.4, 0.5) is 33.7 Å². The summed E-state index contributed by atoms with van der Waals surface area (Å²) >= 11 is 0. The fourth-order valence-electron chi connectivity index (χ4n) is 3.73. The number of anilines is 2. The van der Waals surface area contributed by atoms with Gasteiger partial charge >= 0.3 is 12.3 Å². The molecule has 0 radical (unpaired) electrons. The Hall–Kier alpha value is -3.55. The van der Waals surface area contributed by atoms with Crippen molar-refractivity contribution in [2.24, 2.45) is 5.41 Å². The molecular weight excluding hydrogens is 522 g/mol. The summed E-state index contributed by atoms with van der Waals surface area (Å²) in [6.07, 6.45) is -6.65. The van der Waals surface area contributed by atoms with Crippen LogP contribution in [0.5, 0.6) is 5.75 Å². The normalized spacial score (nSPS) is 18.3. The highest BCUT2D eigenvalue weighted by molar-refractivity contribution is 7.92. The SMILES string of the molecule is CC(=O)NC[C@H]1CN(S(=O)(=O)c2ccc(F)cc2)c2cc(NC(=O)OCC3(C(F)(F)F)CC3)ccc2O1. The number of sulfonamides is 1. The zero-order valence-corrected chi connectivity index (χ0v) is 20.3. The second-order valence-electron chi connectivity index (χ2n) is 8.83. The van der Waals surface area contributed by atoms with Gasteiger partial charge in [-0.15, -0.1) is 0 Å². The third kappa shape index (κ3) is 5.73. The fourth-order valence-corrected chi connectivity index (χ4v) is 5.23. The van der Waals surface area contributed by atoms with Crippen LogP contribution in [-0.2, 0) is 19.6 Å². The molecule has 1 atom stereocenters. The Morgan fingerprint density at radius 1 is 1.16 bits per heavy atom. The van der Waals surface area contributed by atoms with Crippen LogP contribution in [0.3, 0.4) is 0 Å². The summed E-state index contributed by atoms with van der Waals surface area (Å²) in [5.74, 6) is -0.868. The van der Waals surface area contributed by atoms with Gasteiger partial charge in [0.1, 0.15) is 29.7 Å². The minimum absolute atomic E-state index is 0.00249. The first-order valence-corrected chi connectivity index (χ1v) is 12.6. The molecule has 37 heavy (non-hydrogen) atoms. The molecule has 9 nitrogen and oxygen atoms in total. The highest BCUT2D eigenvalue weighted by Gasteiger charge is 2.64. The summed E-state index contributed by atoms with van der Waals surface area (Å²) in [6.45, 7) is 0.235. The smallest absolute Gasteiger partial charge is 0.411 e. The molecule has 0 spiro atoms. The number of fused-ring (bicyclic) bond motifs is 1. The van der Waals surface area contributed by atoms with Gasteiger partial charge < -0.3 is 14.8 Å². The summed E-state index contributed by atoms with van der Waals surface area (Å²) in [6, 6.07) is 8.17. The molecule has 0 unspecified atom stereocenters. The number of nitrogens with one attached hydrogen (secondary N) is 2. The molecule has 0 saturated heterocycles. The summed E-state index contributed by atoms with van der Waals surface area (Å²) in [7, 11) is -4.24. The fraction of sp³-hybridized carbons (Fsp3) is 0.391. The molecule has 4 rings (SSSR count). The van der Waals surface area contributed by atoms with Crippen molar-refractivity contribution < 1.29 is 45.0 Å². The number of rotatable bonds is 7. The van der Waals surface area contributed by atoms with Crippen molar-refractivity contribution in [1.82, 2.24) is 5.32 Å². The van der Waals surface area contributed by atoms with Gasteiger partial charge in [-0.1, -0.05) is 0 Å². The van der Waals surface area contributed by atoms with E-state index in [0.717, 1.165) is 28.6 Å². The Morgan fingerprint density at radius 2 is 1.84 bits per heavy atom. The van der Waals surface area contributed by atoms with Crippen molar-refractivity contribution >= 4 is 33.4 Å². The average molecular weight is 546 g/mol. The van der Waals surface area contributed by atoms with Crippen LogP contribution in [0, 0.1) is 11.2 Å². The van der Waals surface area contributed by atoms with Crippen molar-refractivity contribution in [3.63, 3.8) is 0 Å². The van der Waals surface area contributed by atoms with Gasteiger partial charge in [-0.05, 0) is 55.3 Å². The monoisotopic (exact) mass is 545 g/mol. The lowest BCUT2D eigenvalue weighted by Crippen LogP contribution is -2.48. The van der Waals surface area contributed by atoms with Gasteiger partial charge in [-0.25, -0.2) is 17.6 Å². The van der Waals surface area contributed by atoms with E-state index in [9.17, 15) is 35.6 Å². The molecule has 1 fully saturated rings. The Balaban J connectivity index is 1.58. The van der Waals surface area contributed by atoms with Crippen molar-refractivity contribution in [3.8, 4) is 5.75 Å². The van der Waals surface area contributed by atoms with Crippen molar-refractivity contribution in [3.05, 3.63) is 48.3 Å². The lowest BCUT2D eigenvalue weighted by Gasteiger charge is -2.35. The third-order valence-corrected chi connectivity index (χ3v) is 7.85. The highest BCUT2D eigenvalue weighted by Crippen LogP contribution is 2.57. The van der Waals surface area contributed by atoms with E-state index in [1.807, 2.05) is 0 Å². The Labute approximate surface area is 209 Å². The molecule has 200 valence electrons. The number of carbonyl (C=O) groups is 2. The molecule has 1 heterocycles. The molecule has 2 N–H and O–H groups in total. The van der Waals surface area contributed by atoms with Crippen LogP contribution < -0.4 is 19.7 Å². The van der Waals surface area contributed by atoms with Crippen LogP contribution in [0.1, 0.15) is 19.8 Å². The van der Waals surface area contributed by atoms with E-state index in [-0.39, 0.29) is 53.9 Å². The molecule has 1 aliphatic carbocycles. The minimum Gasteiger partial charge on any atom is -0.484 e. The van der Waals surface area contributed by atoms with Crippen LogP contribution >= 0.6 is 0 Å². The van der Waals surface area contributed by atoms with Gasteiger partial charge in [0.2, 0.25) is 5.91 Å². The first-order chi connectivity index (χ1) is 17.3. The van der Waals surface area contributed by atoms with Gasteiger partial charge in [0.25, 0.3) is 10.0 Å². The van der Waals surface area contributed by atoms with Crippen molar-refractivity contribution in [2.75, 3.05) is 29.3 Å². The first-order valence-electron chi connectivity index (χ1n) is 11.1. The standard InChI is InChI=1S/C23H23F4N3O6S/c1-14(31)28-11-17-12-30(37(33,34)18-5-2-15(24)3-6-18)19-10-16(4-7-20(19)36-17)29-21(32)35-13-22(8-9-22)23(25,26)27/h2-7,10,17H,8-9,11-13H2,1H3,(H,28,31)(H,29,32)/t17-/m0/s1. The number of halogens is 4. The first kappa shape index (κ1) is 26.5. The van der Waals surface area contributed by atoms with Crippen LogP contribution in [-0.4, -0.2) is 52.4 Å². The summed E-state index contributed by atoms with van der Waals surface area (Å²) < 4.78 is 91.1. The molecule has 2 aromatic rings. The number of nitrogens with zero attached hydrogens (tertiary/aromatic N) is 1. The van der Waals surface area contributed by atoms with E-state index in [2.05, 4.69) is 10.6 Å². The number of carbonyl (C=O) groups excluding carboxylic acids is 2.